The lowest BCUT2D eigenvalue weighted by Gasteiger charge is -1.99. The first-order chi connectivity index (χ1) is 5.27. The van der Waals surface area contributed by atoms with Crippen LogP contribution in [-0.2, 0) is 0 Å². The van der Waals surface area contributed by atoms with Crippen LogP contribution in [-0.4, -0.2) is 14.6 Å². The zero-order valence-electron chi connectivity index (χ0n) is 5.63. The molecule has 2 nitrogen and oxygen atoms in total. The van der Waals surface area contributed by atoms with Gasteiger partial charge in [-0.05, 0) is 12.1 Å². The van der Waals surface area contributed by atoms with Gasteiger partial charge in [0.05, 0.1) is 5.02 Å². The van der Waals surface area contributed by atoms with Crippen LogP contribution < -0.4 is 14.9 Å². The Morgan fingerprint density at radius 2 is 2.18 bits per heavy atom. The smallest absolute Gasteiger partial charge is 0.231 e. The van der Waals surface area contributed by atoms with Crippen LogP contribution in [0.4, 0.5) is 0 Å². The van der Waals surface area contributed by atoms with E-state index in [1.165, 1.54) is 0 Å². The Hall–Kier alpha value is -0.825. The van der Waals surface area contributed by atoms with Crippen molar-refractivity contribution in [1.82, 2.24) is 0 Å². The van der Waals surface area contributed by atoms with Crippen molar-refractivity contribution in [3.05, 3.63) is 17.2 Å². The molecular weight excluding hydrogens is 162 g/mol. The molecule has 1 aliphatic heterocycles. The van der Waals surface area contributed by atoms with E-state index in [4.69, 9.17) is 28.9 Å². The molecule has 1 heterocycles. The van der Waals surface area contributed by atoms with E-state index in [0.29, 0.717) is 22.0 Å². The van der Waals surface area contributed by atoms with Crippen molar-refractivity contribution in [2.24, 2.45) is 0 Å². The number of hydrogen-bond donors (Lipinski definition) is 0. The molecule has 0 fully saturated rings. The van der Waals surface area contributed by atoms with Gasteiger partial charge in [0, 0.05) is 0 Å². The Labute approximate surface area is 70.5 Å². The van der Waals surface area contributed by atoms with Gasteiger partial charge in [-0.1, -0.05) is 17.1 Å². The van der Waals surface area contributed by atoms with Gasteiger partial charge in [-0.15, -0.1) is 0 Å². The third kappa shape index (κ3) is 1.05. The SMILES string of the molecule is [B]c1cc(Cl)c2c(c1)OCO2. The lowest BCUT2D eigenvalue weighted by atomic mass is 9.96. The lowest BCUT2D eigenvalue weighted by Crippen LogP contribution is -2.00. The molecule has 0 aromatic heterocycles. The summed E-state index contributed by atoms with van der Waals surface area (Å²) in [7, 11) is 5.51. The van der Waals surface area contributed by atoms with Crippen LogP contribution in [0.1, 0.15) is 0 Å². The fraction of sp³-hybridized carbons (Fsp3) is 0.143. The molecule has 1 aliphatic rings. The molecule has 0 amide bonds. The first kappa shape index (κ1) is 6.86. The molecule has 0 saturated heterocycles. The Balaban J connectivity index is 2.60. The predicted molar refractivity (Wildman–Crippen MR) is 43.0 cm³/mol. The zero-order chi connectivity index (χ0) is 7.84. The predicted octanol–water partition coefficient (Wildman–Crippen LogP) is 0.862. The Kier molecular flexibility index (Phi) is 1.46. The molecule has 1 aromatic carbocycles. The molecule has 2 rings (SSSR count). The molecule has 0 bridgehead atoms. The van der Waals surface area contributed by atoms with Crippen molar-refractivity contribution in [2.45, 2.75) is 0 Å². The summed E-state index contributed by atoms with van der Waals surface area (Å²) in [4.78, 5) is 0. The van der Waals surface area contributed by atoms with E-state index in [1.54, 1.807) is 12.1 Å². The van der Waals surface area contributed by atoms with Gasteiger partial charge >= 0.3 is 0 Å². The van der Waals surface area contributed by atoms with Gasteiger partial charge in [0.2, 0.25) is 6.79 Å². The highest BCUT2D eigenvalue weighted by molar-refractivity contribution is 6.37. The van der Waals surface area contributed by atoms with Gasteiger partial charge in [-0.2, -0.15) is 0 Å². The van der Waals surface area contributed by atoms with Crippen LogP contribution >= 0.6 is 11.6 Å². The number of halogens is 1. The summed E-state index contributed by atoms with van der Waals surface area (Å²) in [5.74, 6) is 1.20. The second kappa shape index (κ2) is 2.34. The molecule has 54 valence electrons. The Bertz CT molecular complexity index is 301. The Morgan fingerprint density at radius 1 is 1.36 bits per heavy atom. The molecule has 11 heavy (non-hydrogen) atoms. The molecule has 0 N–H and O–H groups in total. The van der Waals surface area contributed by atoms with E-state index < -0.39 is 0 Å². The highest BCUT2D eigenvalue weighted by Gasteiger charge is 2.16. The van der Waals surface area contributed by atoms with Crippen molar-refractivity contribution in [3.8, 4) is 11.5 Å². The lowest BCUT2D eigenvalue weighted by molar-refractivity contribution is 0.174. The third-order valence-corrected chi connectivity index (χ3v) is 1.73. The standard InChI is InChI=1S/C7H4BClO2/c8-4-1-5(9)7-6(2-4)10-3-11-7/h1-2H,3H2. The van der Waals surface area contributed by atoms with Gasteiger partial charge in [0.1, 0.15) is 7.85 Å². The summed E-state index contributed by atoms with van der Waals surface area (Å²) in [6.07, 6.45) is 0. The minimum Gasteiger partial charge on any atom is -0.454 e. The molecular formula is C7H4BClO2. The van der Waals surface area contributed by atoms with Crippen molar-refractivity contribution >= 4 is 24.9 Å². The second-order valence-corrected chi connectivity index (χ2v) is 2.64. The monoisotopic (exact) mass is 166 g/mol. The van der Waals surface area contributed by atoms with Crippen LogP contribution in [0.25, 0.3) is 0 Å². The van der Waals surface area contributed by atoms with Crippen LogP contribution in [0.15, 0.2) is 12.1 Å². The van der Waals surface area contributed by atoms with Crippen molar-refractivity contribution in [1.29, 1.82) is 0 Å². The van der Waals surface area contributed by atoms with Crippen LogP contribution in [0, 0.1) is 0 Å². The first-order valence-corrected chi connectivity index (χ1v) is 3.50. The molecule has 1 aromatic rings. The van der Waals surface area contributed by atoms with Gasteiger partial charge < -0.3 is 9.47 Å². The van der Waals surface area contributed by atoms with E-state index in [9.17, 15) is 0 Å². The average Bonchev–Trinajstić information content (AvgIpc) is 2.34. The van der Waals surface area contributed by atoms with E-state index in [0.717, 1.165) is 0 Å². The van der Waals surface area contributed by atoms with Gasteiger partial charge in [-0.3, -0.25) is 0 Å². The Morgan fingerprint density at radius 3 is 3.00 bits per heavy atom. The third-order valence-electron chi connectivity index (χ3n) is 1.45. The summed E-state index contributed by atoms with van der Waals surface area (Å²) in [6.45, 7) is 0.221. The van der Waals surface area contributed by atoms with E-state index >= 15 is 0 Å². The highest BCUT2D eigenvalue weighted by Crippen LogP contribution is 2.37. The van der Waals surface area contributed by atoms with E-state index in [2.05, 4.69) is 0 Å². The maximum atomic E-state index is 5.79. The molecule has 0 unspecified atom stereocenters. The fourth-order valence-corrected chi connectivity index (χ4v) is 1.26. The molecule has 2 radical (unpaired) electrons. The van der Waals surface area contributed by atoms with Crippen molar-refractivity contribution < 1.29 is 9.47 Å². The maximum Gasteiger partial charge on any atom is 0.231 e. The van der Waals surface area contributed by atoms with Crippen LogP contribution in [0.2, 0.25) is 5.02 Å². The number of rotatable bonds is 0. The number of benzene rings is 1. The molecule has 0 atom stereocenters. The average molecular weight is 166 g/mol. The summed E-state index contributed by atoms with van der Waals surface area (Å²) in [6, 6.07) is 3.32. The van der Waals surface area contributed by atoms with Crippen molar-refractivity contribution in [2.75, 3.05) is 6.79 Å². The number of fused-ring (bicyclic) bond motifs is 1. The zero-order valence-corrected chi connectivity index (χ0v) is 6.39. The normalized spacial score (nSPS) is 13.5. The quantitative estimate of drug-likeness (QED) is 0.532. The van der Waals surface area contributed by atoms with E-state index in [1.807, 2.05) is 0 Å². The molecule has 0 aliphatic carbocycles. The maximum absolute atomic E-state index is 5.79. The van der Waals surface area contributed by atoms with Gasteiger partial charge in [0.15, 0.2) is 11.5 Å². The molecule has 4 heteroatoms. The fourth-order valence-electron chi connectivity index (χ4n) is 0.987. The second-order valence-electron chi connectivity index (χ2n) is 2.24. The minimum atomic E-state index is 0.221. The van der Waals surface area contributed by atoms with E-state index in [-0.39, 0.29) is 6.79 Å². The first-order valence-electron chi connectivity index (χ1n) is 3.12. The minimum absolute atomic E-state index is 0.221. The van der Waals surface area contributed by atoms with Crippen LogP contribution in [0.5, 0.6) is 11.5 Å². The summed E-state index contributed by atoms with van der Waals surface area (Å²) in [5.41, 5.74) is 0.583. The number of ether oxygens (including phenoxy) is 2. The highest BCUT2D eigenvalue weighted by atomic mass is 35.5. The summed E-state index contributed by atoms with van der Waals surface area (Å²) >= 11 is 5.79. The molecule has 0 spiro atoms. The molecule has 0 saturated carbocycles. The largest absolute Gasteiger partial charge is 0.454 e. The topological polar surface area (TPSA) is 18.5 Å². The summed E-state index contributed by atoms with van der Waals surface area (Å²) in [5, 5.41) is 0.498. The number of hydrogen-bond acceptors (Lipinski definition) is 2. The van der Waals surface area contributed by atoms with Gasteiger partial charge in [-0.25, -0.2) is 0 Å². The van der Waals surface area contributed by atoms with Crippen LogP contribution in [0.3, 0.4) is 0 Å². The van der Waals surface area contributed by atoms with Gasteiger partial charge in [0.25, 0.3) is 0 Å². The summed E-state index contributed by atoms with van der Waals surface area (Å²) < 4.78 is 10.1. The van der Waals surface area contributed by atoms with Crippen molar-refractivity contribution in [3.63, 3.8) is 0 Å².